The maximum absolute atomic E-state index is 11.8. The normalized spacial score (nSPS) is 16.2. The summed E-state index contributed by atoms with van der Waals surface area (Å²) in [7, 11) is 3.41. The summed E-state index contributed by atoms with van der Waals surface area (Å²) in [6.45, 7) is 2.56. The molecule has 1 aliphatic heterocycles. The lowest BCUT2D eigenvalue weighted by Gasteiger charge is -2.20. The molecule has 3 N–H and O–H groups in total. The number of aliphatic imine (C=N–C) groups is 1. The Bertz CT molecular complexity index is 843. The van der Waals surface area contributed by atoms with Crippen molar-refractivity contribution in [1.29, 1.82) is 0 Å². The summed E-state index contributed by atoms with van der Waals surface area (Å²) in [4.78, 5) is 18.5. The molecule has 1 saturated heterocycles. The van der Waals surface area contributed by atoms with Crippen LogP contribution < -0.4 is 20.9 Å². The number of anilines is 1. The molecule has 8 heteroatoms. The zero-order valence-electron chi connectivity index (χ0n) is 16.6. The fraction of sp³-hybridized carbons (Fsp3) is 0.333. The van der Waals surface area contributed by atoms with Gasteiger partial charge in [0.15, 0.2) is 5.96 Å². The van der Waals surface area contributed by atoms with E-state index in [1.54, 1.807) is 14.1 Å². The van der Waals surface area contributed by atoms with E-state index >= 15 is 0 Å². The Kier molecular flexibility index (Phi) is 9.22. The zero-order chi connectivity index (χ0) is 19.9. The summed E-state index contributed by atoms with van der Waals surface area (Å²) < 4.78 is 1.09. The largest absolute Gasteiger partial charge is 0.369 e. The minimum Gasteiger partial charge on any atom is -0.369 e. The summed E-state index contributed by atoms with van der Waals surface area (Å²) >= 11 is 3.48. The number of nitrogens with zero attached hydrogens (tertiary/aromatic N) is 2. The van der Waals surface area contributed by atoms with Gasteiger partial charge in [0.1, 0.15) is 0 Å². The summed E-state index contributed by atoms with van der Waals surface area (Å²) in [6, 6.07) is 16.4. The molecule has 1 atom stereocenters. The molecule has 2 aromatic rings. The lowest BCUT2D eigenvalue weighted by Crippen LogP contribution is -2.44. The van der Waals surface area contributed by atoms with Gasteiger partial charge in [0.2, 0.25) is 0 Å². The SMILES string of the molecule is CN=C(NCc1cccc(C(=O)NC)c1)NC1CCN(c2ccc(Br)cc2)C1.I. The van der Waals surface area contributed by atoms with Crippen LogP contribution in [0.3, 0.4) is 0 Å². The number of carbonyl (C=O) groups excluding carboxylic acids is 1. The van der Waals surface area contributed by atoms with Crippen LogP contribution in [0.25, 0.3) is 0 Å². The van der Waals surface area contributed by atoms with Crippen LogP contribution in [-0.4, -0.2) is 45.1 Å². The van der Waals surface area contributed by atoms with Crippen molar-refractivity contribution in [3.63, 3.8) is 0 Å². The molecule has 156 valence electrons. The fourth-order valence-electron chi connectivity index (χ4n) is 3.31. The maximum atomic E-state index is 11.8. The molecule has 1 heterocycles. The minimum absolute atomic E-state index is 0. The number of rotatable bonds is 5. The van der Waals surface area contributed by atoms with Crippen molar-refractivity contribution in [3.05, 3.63) is 64.1 Å². The third kappa shape index (κ3) is 6.60. The molecule has 1 aliphatic rings. The second-order valence-corrected chi connectivity index (χ2v) is 7.67. The molecule has 1 amide bonds. The van der Waals surface area contributed by atoms with E-state index in [0.29, 0.717) is 18.2 Å². The van der Waals surface area contributed by atoms with Gasteiger partial charge in [0, 0.05) is 55.5 Å². The van der Waals surface area contributed by atoms with Crippen molar-refractivity contribution in [3.8, 4) is 0 Å². The highest BCUT2D eigenvalue weighted by Gasteiger charge is 2.23. The Hall–Kier alpha value is -1.81. The number of carbonyl (C=O) groups is 1. The van der Waals surface area contributed by atoms with Crippen LogP contribution in [0.2, 0.25) is 0 Å². The number of nitrogens with one attached hydrogen (secondary N) is 3. The number of hydrogen-bond donors (Lipinski definition) is 3. The van der Waals surface area contributed by atoms with E-state index in [1.807, 2.05) is 24.3 Å². The van der Waals surface area contributed by atoms with Crippen molar-refractivity contribution in [1.82, 2.24) is 16.0 Å². The zero-order valence-corrected chi connectivity index (χ0v) is 20.5. The van der Waals surface area contributed by atoms with Crippen molar-refractivity contribution in [2.24, 2.45) is 4.99 Å². The molecule has 0 bridgehead atoms. The van der Waals surface area contributed by atoms with Gasteiger partial charge in [-0.1, -0.05) is 28.1 Å². The summed E-state index contributed by atoms with van der Waals surface area (Å²) in [5.41, 5.74) is 2.93. The van der Waals surface area contributed by atoms with Gasteiger partial charge < -0.3 is 20.9 Å². The van der Waals surface area contributed by atoms with Crippen molar-refractivity contribution >= 4 is 57.5 Å². The van der Waals surface area contributed by atoms with Gasteiger partial charge in [0.25, 0.3) is 5.91 Å². The Morgan fingerprint density at radius 1 is 1.24 bits per heavy atom. The molecule has 0 aromatic heterocycles. The van der Waals surface area contributed by atoms with E-state index in [1.165, 1.54) is 5.69 Å². The van der Waals surface area contributed by atoms with Gasteiger partial charge in [-0.05, 0) is 48.4 Å². The molecule has 0 spiro atoms. The molecule has 0 aliphatic carbocycles. The average Bonchev–Trinajstić information content (AvgIpc) is 3.19. The molecule has 3 rings (SSSR count). The molecule has 1 fully saturated rings. The van der Waals surface area contributed by atoms with Gasteiger partial charge in [-0.2, -0.15) is 0 Å². The van der Waals surface area contributed by atoms with Crippen LogP contribution in [0, 0.1) is 0 Å². The molecule has 2 aromatic carbocycles. The van der Waals surface area contributed by atoms with Crippen molar-refractivity contribution < 1.29 is 4.79 Å². The van der Waals surface area contributed by atoms with Crippen LogP contribution in [0.1, 0.15) is 22.3 Å². The lowest BCUT2D eigenvalue weighted by molar-refractivity contribution is 0.0963. The van der Waals surface area contributed by atoms with Gasteiger partial charge in [-0.25, -0.2) is 0 Å². The monoisotopic (exact) mass is 571 g/mol. The van der Waals surface area contributed by atoms with Crippen molar-refractivity contribution in [2.45, 2.75) is 19.0 Å². The number of halogens is 2. The summed E-state index contributed by atoms with van der Waals surface area (Å²) in [5.74, 6) is 0.691. The van der Waals surface area contributed by atoms with Gasteiger partial charge >= 0.3 is 0 Å². The Labute approximate surface area is 197 Å². The van der Waals surface area contributed by atoms with Crippen LogP contribution in [0.15, 0.2) is 58.0 Å². The van der Waals surface area contributed by atoms with E-state index < -0.39 is 0 Å². The smallest absolute Gasteiger partial charge is 0.251 e. The predicted molar refractivity (Wildman–Crippen MR) is 133 cm³/mol. The molecule has 1 unspecified atom stereocenters. The average molecular weight is 572 g/mol. The quantitative estimate of drug-likeness (QED) is 0.292. The van der Waals surface area contributed by atoms with E-state index in [4.69, 9.17) is 0 Å². The second kappa shape index (κ2) is 11.4. The van der Waals surface area contributed by atoms with Crippen LogP contribution in [0.4, 0.5) is 5.69 Å². The third-order valence-electron chi connectivity index (χ3n) is 4.82. The maximum Gasteiger partial charge on any atom is 0.251 e. The van der Waals surface area contributed by atoms with Gasteiger partial charge in [0.05, 0.1) is 0 Å². The number of guanidine groups is 1. The Balaban J connectivity index is 0.00000300. The molecular formula is C21H27BrIN5O. The minimum atomic E-state index is -0.0802. The Morgan fingerprint density at radius 3 is 2.69 bits per heavy atom. The lowest BCUT2D eigenvalue weighted by atomic mass is 10.1. The van der Waals surface area contributed by atoms with E-state index in [9.17, 15) is 4.79 Å². The number of hydrogen-bond acceptors (Lipinski definition) is 3. The second-order valence-electron chi connectivity index (χ2n) is 6.76. The molecular weight excluding hydrogens is 545 g/mol. The van der Waals surface area contributed by atoms with Crippen LogP contribution in [-0.2, 0) is 6.54 Å². The highest BCUT2D eigenvalue weighted by Crippen LogP contribution is 2.22. The van der Waals surface area contributed by atoms with Gasteiger partial charge in [-0.15, -0.1) is 24.0 Å². The molecule has 29 heavy (non-hydrogen) atoms. The molecule has 6 nitrogen and oxygen atoms in total. The highest BCUT2D eigenvalue weighted by atomic mass is 127. The summed E-state index contributed by atoms with van der Waals surface area (Å²) in [6.07, 6.45) is 1.06. The number of amides is 1. The van der Waals surface area contributed by atoms with Crippen LogP contribution in [0.5, 0.6) is 0 Å². The van der Waals surface area contributed by atoms with Gasteiger partial charge in [-0.3, -0.25) is 9.79 Å². The van der Waals surface area contributed by atoms with Crippen molar-refractivity contribution in [2.75, 3.05) is 32.1 Å². The first-order valence-corrected chi connectivity index (χ1v) is 10.2. The highest BCUT2D eigenvalue weighted by molar-refractivity contribution is 14.0. The van der Waals surface area contributed by atoms with E-state index in [-0.39, 0.29) is 29.9 Å². The summed E-state index contributed by atoms with van der Waals surface area (Å²) in [5, 5.41) is 9.50. The third-order valence-corrected chi connectivity index (χ3v) is 5.35. The van der Waals surface area contributed by atoms with E-state index in [2.05, 4.69) is 66.0 Å². The molecule has 0 saturated carbocycles. The number of benzene rings is 2. The van der Waals surface area contributed by atoms with E-state index in [0.717, 1.165) is 35.5 Å². The first-order valence-electron chi connectivity index (χ1n) is 9.38. The predicted octanol–water partition coefficient (Wildman–Crippen LogP) is 3.37. The first kappa shape index (κ1) is 23.5. The van der Waals surface area contributed by atoms with Crippen LogP contribution >= 0.6 is 39.9 Å². The first-order chi connectivity index (χ1) is 13.6. The molecule has 0 radical (unpaired) electrons. The Morgan fingerprint density at radius 2 is 2.00 bits per heavy atom. The topological polar surface area (TPSA) is 68.8 Å². The fourth-order valence-corrected chi connectivity index (χ4v) is 3.57. The standard InChI is InChI=1S/C21H26BrN5O.HI/c1-23-20(28)16-5-3-4-15(12-16)13-25-21(24-2)26-18-10-11-27(14-18)19-8-6-17(22)7-9-19;/h3-9,12,18H,10-11,13-14H2,1-2H3,(H,23,28)(H2,24,25,26);1H.